The summed E-state index contributed by atoms with van der Waals surface area (Å²) >= 11 is 4.31. The predicted octanol–water partition coefficient (Wildman–Crippen LogP) is 5.77. The number of non-ortho nitro benzene ring substituents is 1. The minimum Gasteiger partial charge on any atom is -0.457 e. The van der Waals surface area contributed by atoms with Crippen molar-refractivity contribution in [3.05, 3.63) is 103 Å². The Labute approximate surface area is 183 Å². The quantitative estimate of drug-likeness (QED) is 0.235. The van der Waals surface area contributed by atoms with Crippen LogP contribution in [-0.4, -0.2) is 15.8 Å². The summed E-state index contributed by atoms with van der Waals surface area (Å²) in [5.41, 5.74) is 0.260. The molecular formula is C20H13BrN2O6S. The first-order valence-corrected chi connectivity index (χ1v) is 10.1. The molecule has 3 rings (SSSR count). The molecule has 152 valence electrons. The van der Waals surface area contributed by atoms with E-state index in [0.29, 0.717) is 4.90 Å². The average Bonchev–Trinajstić information content (AvgIpc) is 2.73. The molecule has 30 heavy (non-hydrogen) atoms. The van der Waals surface area contributed by atoms with Crippen molar-refractivity contribution in [2.75, 3.05) is 0 Å². The van der Waals surface area contributed by atoms with Crippen molar-refractivity contribution in [3.8, 4) is 0 Å². The average molecular weight is 489 g/mol. The zero-order chi connectivity index (χ0) is 21.7. The normalized spacial score (nSPS) is 10.4. The molecule has 0 amide bonds. The van der Waals surface area contributed by atoms with E-state index < -0.39 is 21.5 Å². The molecule has 0 aromatic heterocycles. The number of nitro groups is 2. The molecule has 0 bridgehead atoms. The van der Waals surface area contributed by atoms with Gasteiger partial charge in [0, 0.05) is 15.4 Å². The summed E-state index contributed by atoms with van der Waals surface area (Å²) in [7, 11) is 0. The van der Waals surface area contributed by atoms with Crippen molar-refractivity contribution in [2.24, 2.45) is 0 Å². The van der Waals surface area contributed by atoms with Crippen molar-refractivity contribution in [1.82, 2.24) is 0 Å². The highest BCUT2D eigenvalue weighted by atomic mass is 79.9. The molecule has 0 radical (unpaired) electrons. The molecular weight excluding hydrogens is 476 g/mol. The molecule has 0 aliphatic rings. The first kappa shape index (κ1) is 21.5. The third-order valence-corrected chi connectivity index (χ3v) is 5.63. The van der Waals surface area contributed by atoms with Crippen molar-refractivity contribution in [1.29, 1.82) is 0 Å². The Kier molecular flexibility index (Phi) is 6.80. The monoisotopic (exact) mass is 488 g/mol. The number of esters is 1. The SMILES string of the molecule is O=C(OCc1ccc(Br)cc1)c1ccccc1Sc1ccc([N+](=O)[O-])cc1[N+](=O)[O-]. The van der Waals surface area contributed by atoms with Crippen LogP contribution in [0.2, 0.25) is 0 Å². The van der Waals surface area contributed by atoms with Crippen molar-refractivity contribution in [2.45, 2.75) is 16.4 Å². The van der Waals surface area contributed by atoms with Gasteiger partial charge in [-0.05, 0) is 35.9 Å². The Morgan fingerprint density at radius 3 is 2.30 bits per heavy atom. The molecule has 3 aromatic carbocycles. The topological polar surface area (TPSA) is 113 Å². The van der Waals surface area contributed by atoms with E-state index in [9.17, 15) is 25.0 Å². The number of hydrogen-bond acceptors (Lipinski definition) is 7. The van der Waals surface area contributed by atoms with Crippen LogP contribution in [0.15, 0.2) is 81.0 Å². The Morgan fingerprint density at radius 2 is 1.63 bits per heavy atom. The minimum atomic E-state index is -0.700. The van der Waals surface area contributed by atoms with Crippen LogP contribution in [0.3, 0.4) is 0 Å². The fraction of sp³-hybridized carbons (Fsp3) is 0.0500. The second kappa shape index (κ2) is 9.51. The van der Waals surface area contributed by atoms with Gasteiger partial charge in [-0.2, -0.15) is 0 Å². The smallest absolute Gasteiger partial charge is 0.339 e. The number of hydrogen-bond donors (Lipinski definition) is 0. The molecule has 0 fully saturated rings. The van der Waals surface area contributed by atoms with E-state index >= 15 is 0 Å². The van der Waals surface area contributed by atoms with E-state index in [0.717, 1.165) is 27.9 Å². The van der Waals surface area contributed by atoms with Crippen LogP contribution in [0.1, 0.15) is 15.9 Å². The van der Waals surface area contributed by atoms with Crippen LogP contribution in [0.4, 0.5) is 11.4 Å². The van der Waals surface area contributed by atoms with Gasteiger partial charge in [0.1, 0.15) is 6.61 Å². The van der Waals surface area contributed by atoms with Gasteiger partial charge in [-0.15, -0.1) is 0 Å². The maximum absolute atomic E-state index is 12.6. The van der Waals surface area contributed by atoms with Crippen molar-refractivity contribution >= 4 is 45.0 Å². The Hall–Kier alpha value is -3.24. The van der Waals surface area contributed by atoms with Crippen LogP contribution < -0.4 is 0 Å². The summed E-state index contributed by atoms with van der Waals surface area (Å²) in [6.07, 6.45) is 0. The Bertz CT molecular complexity index is 1120. The molecule has 0 saturated carbocycles. The van der Waals surface area contributed by atoms with Gasteiger partial charge in [-0.25, -0.2) is 4.79 Å². The third-order valence-electron chi connectivity index (χ3n) is 3.96. The van der Waals surface area contributed by atoms with Gasteiger partial charge in [-0.1, -0.05) is 52.0 Å². The standard InChI is InChI=1S/C20H13BrN2O6S/c21-14-7-5-13(6-8-14)12-29-20(24)16-3-1-2-4-18(16)30-19-10-9-15(22(25)26)11-17(19)23(27)28/h1-11H,12H2. The number of ether oxygens (including phenoxy) is 1. The Morgan fingerprint density at radius 1 is 0.933 bits per heavy atom. The van der Waals surface area contributed by atoms with Gasteiger partial charge in [0.25, 0.3) is 11.4 Å². The van der Waals surface area contributed by atoms with E-state index in [1.165, 1.54) is 12.1 Å². The lowest BCUT2D eigenvalue weighted by molar-refractivity contribution is -0.396. The maximum atomic E-state index is 12.6. The summed E-state index contributed by atoms with van der Waals surface area (Å²) in [5.74, 6) is -0.578. The second-order valence-electron chi connectivity index (χ2n) is 5.97. The van der Waals surface area contributed by atoms with Gasteiger partial charge < -0.3 is 4.74 Å². The minimum absolute atomic E-state index is 0.0722. The Balaban J connectivity index is 1.83. The van der Waals surface area contributed by atoms with Crippen LogP contribution in [0.5, 0.6) is 0 Å². The van der Waals surface area contributed by atoms with E-state index in [4.69, 9.17) is 4.74 Å². The number of carbonyl (C=O) groups excluding carboxylic acids is 1. The van der Waals surface area contributed by atoms with Gasteiger partial charge in [0.15, 0.2) is 0 Å². The summed E-state index contributed by atoms with van der Waals surface area (Å²) in [6, 6.07) is 17.2. The molecule has 3 aromatic rings. The largest absolute Gasteiger partial charge is 0.457 e. The summed E-state index contributed by atoms with van der Waals surface area (Å²) in [5, 5.41) is 22.3. The van der Waals surface area contributed by atoms with Gasteiger partial charge in [0.2, 0.25) is 0 Å². The number of benzene rings is 3. The highest BCUT2D eigenvalue weighted by Crippen LogP contribution is 2.38. The molecule has 0 aliphatic carbocycles. The summed E-state index contributed by atoms with van der Waals surface area (Å²) in [6.45, 7) is 0.0722. The zero-order valence-corrected chi connectivity index (χ0v) is 17.6. The number of nitrogens with zero attached hydrogens (tertiary/aromatic N) is 2. The summed E-state index contributed by atoms with van der Waals surface area (Å²) in [4.78, 5) is 34.1. The second-order valence-corrected chi connectivity index (χ2v) is 7.97. The van der Waals surface area contributed by atoms with Crippen molar-refractivity contribution in [3.63, 3.8) is 0 Å². The number of rotatable bonds is 7. The van der Waals surface area contributed by atoms with Crippen LogP contribution in [-0.2, 0) is 11.3 Å². The lowest BCUT2D eigenvalue weighted by Crippen LogP contribution is -2.06. The third kappa shape index (κ3) is 5.22. The van der Waals surface area contributed by atoms with Crippen LogP contribution in [0, 0.1) is 20.2 Å². The molecule has 0 unspecified atom stereocenters. The molecule has 0 atom stereocenters. The fourth-order valence-corrected chi connectivity index (χ4v) is 3.78. The number of carbonyl (C=O) groups is 1. The van der Waals surface area contributed by atoms with Crippen LogP contribution >= 0.6 is 27.7 Å². The lowest BCUT2D eigenvalue weighted by atomic mass is 10.2. The molecule has 0 saturated heterocycles. The molecule has 0 N–H and O–H groups in total. The van der Waals surface area contributed by atoms with E-state index in [2.05, 4.69) is 15.9 Å². The van der Waals surface area contributed by atoms with Gasteiger partial charge >= 0.3 is 5.97 Å². The molecule has 10 heteroatoms. The molecule has 0 spiro atoms. The molecule has 0 aliphatic heterocycles. The van der Waals surface area contributed by atoms with E-state index in [1.54, 1.807) is 24.3 Å². The highest BCUT2D eigenvalue weighted by Gasteiger charge is 2.22. The maximum Gasteiger partial charge on any atom is 0.339 e. The summed E-state index contributed by atoms with van der Waals surface area (Å²) < 4.78 is 6.28. The van der Waals surface area contributed by atoms with Gasteiger partial charge in [-0.3, -0.25) is 20.2 Å². The number of nitro benzene ring substituents is 2. The van der Waals surface area contributed by atoms with E-state index in [1.807, 2.05) is 24.3 Å². The zero-order valence-electron chi connectivity index (χ0n) is 15.2. The lowest BCUT2D eigenvalue weighted by Gasteiger charge is -2.10. The van der Waals surface area contributed by atoms with Gasteiger partial charge in [0.05, 0.1) is 26.4 Å². The molecule has 8 nitrogen and oxygen atoms in total. The fourth-order valence-electron chi connectivity index (χ4n) is 2.50. The first-order chi connectivity index (χ1) is 14.3. The highest BCUT2D eigenvalue weighted by molar-refractivity contribution is 9.10. The molecule has 0 heterocycles. The predicted molar refractivity (Wildman–Crippen MR) is 114 cm³/mol. The van der Waals surface area contributed by atoms with Crippen molar-refractivity contribution < 1.29 is 19.4 Å². The first-order valence-electron chi connectivity index (χ1n) is 8.46. The van der Waals surface area contributed by atoms with Crippen LogP contribution in [0.25, 0.3) is 0 Å². The van der Waals surface area contributed by atoms with E-state index in [-0.39, 0.29) is 22.8 Å². The number of halogens is 1.